The second-order valence-corrected chi connectivity index (χ2v) is 4.80. The molecule has 2 aromatic rings. The summed E-state index contributed by atoms with van der Waals surface area (Å²) in [6, 6.07) is 8.93. The molecule has 0 aliphatic carbocycles. The first-order valence-electron chi connectivity index (χ1n) is 6.32. The number of aromatic nitrogens is 1. The second kappa shape index (κ2) is 6.45. The number of hydrogen-bond donors (Lipinski definition) is 1. The molecule has 5 nitrogen and oxygen atoms in total. The first kappa shape index (κ1) is 15.1. The Bertz CT molecular complexity index is 661. The average molecular weight is 306 g/mol. The van der Waals surface area contributed by atoms with Crippen molar-refractivity contribution in [2.75, 3.05) is 31.4 Å². The lowest BCUT2D eigenvalue weighted by Gasteiger charge is -2.19. The first-order valence-corrected chi connectivity index (χ1v) is 6.70. The Morgan fingerprint density at radius 1 is 1.38 bits per heavy atom. The highest BCUT2D eigenvalue weighted by Gasteiger charge is 2.19. The van der Waals surface area contributed by atoms with Gasteiger partial charge in [0.2, 0.25) is 0 Å². The fraction of sp³-hybridized carbons (Fsp3) is 0.200. The van der Waals surface area contributed by atoms with E-state index in [0.29, 0.717) is 22.2 Å². The standard InChI is InChI=1S/C15H16ClN3O2/c1-17-13-7-10(16)9-18-14(13)15(20)19(2)11-5-4-6-12(8-11)21-3/h4-9,17H,1-3H3. The van der Waals surface area contributed by atoms with Gasteiger partial charge in [0.25, 0.3) is 5.91 Å². The zero-order chi connectivity index (χ0) is 15.4. The van der Waals surface area contributed by atoms with Gasteiger partial charge in [-0.05, 0) is 18.2 Å². The Morgan fingerprint density at radius 2 is 2.14 bits per heavy atom. The van der Waals surface area contributed by atoms with Crippen LogP contribution in [-0.4, -0.2) is 32.1 Å². The molecule has 1 amide bonds. The maximum absolute atomic E-state index is 12.6. The first-order chi connectivity index (χ1) is 10.1. The fourth-order valence-electron chi connectivity index (χ4n) is 1.90. The summed E-state index contributed by atoms with van der Waals surface area (Å²) in [5.41, 5.74) is 1.62. The van der Waals surface area contributed by atoms with E-state index in [1.165, 1.54) is 11.1 Å². The van der Waals surface area contributed by atoms with Crippen LogP contribution in [-0.2, 0) is 0 Å². The molecule has 0 aliphatic rings. The fourth-order valence-corrected chi connectivity index (χ4v) is 2.05. The van der Waals surface area contributed by atoms with Crippen LogP contribution in [0.2, 0.25) is 5.02 Å². The highest BCUT2D eigenvalue weighted by molar-refractivity contribution is 6.31. The summed E-state index contributed by atoms with van der Waals surface area (Å²) in [5, 5.41) is 3.40. The molecule has 2 rings (SSSR count). The molecule has 0 saturated heterocycles. The van der Waals surface area contributed by atoms with Crippen LogP contribution in [0.25, 0.3) is 0 Å². The minimum Gasteiger partial charge on any atom is -0.497 e. The van der Waals surface area contributed by atoms with Gasteiger partial charge in [-0.15, -0.1) is 0 Å². The van der Waals surface area contributed by atoms with Gasteiger partial charge < -0.3 is 15.0 Å². The van der Waals surface area contributed by atoms with Crippen LogP contribution in [0.15, 0.2) is 36.5 Å². The molecule has 0 atom stereocenters. The minimum atomic E-state index is -0.232. The number of ether oxygens (including phenoxy) is 1. The summed E-state index contributed by atoms with van der Waals surface area (Å²) in [7, 11) is 4.99. The maximum Gasteiger partial charge on any atom is 0.278 e. The Hall–Kier alpha value is -2.27. The summed E-state index contributed by atoms with van der Waals surface area (Å²) >= 11 is 5.89. The van der Waals surface area contributed by atoms with Crippen molar-refractivity contribution in [1.29, 1.82) is 0 Å². The zero-order valence-electron chi connectivity index (χ0n) is 12.1. The Balaban J connectivity index is 2.34. The van der Waals surface area contributed by atoms with Crippen LogP contribution in [0, 0.1) is 0 Å². The van der Waals surface area contributed by atoms with Gasteiger partial charge in [0.05, 0.1) is 17.8 Å². The highest BCUT2D eigenvalue weighted by atomic mass is 35.5. The maximum atomic E-state index is 12.6. The Morgan fingerprint density at radius 3 is 2.81 bits per heavy atom. The van der Waals surface area contributed by atoms with Crippen molar-refractivity contribution in [1.82, 2.24) is 4.98 Å². The number of halogens is 1. The number of carbonyl (C=O) groups excluding carboxylic acids is 1. The lowest BCUT2D eigenvalue weighted by Crippen LogP contribution is -2.27. The highest BCUT2D eigenvalue weighted by Crippen LogP contribution is 2.24. The Labute approximate surface area is 128 Å². The molecule has 1 heterocycles. The van der Waals surface area contributed by atoms with E-state index in [2.05, 4.69) is 10.3 Å². The predicted octanol–water partition coefficient (Wildman–Crippen LogP) is 3.06. The van der Waals surface area contributed by atoms with Gasteiger partial charge in [-0.2, -0.15) is 0 Å². The van der Waals surface area contributed by atoms with E-state index in [-0.39, 0.29) is 5.91 Å². The largest absolute Gasteiger partial charge is 0.497 e. The van der Waals surface area contributed by atoms with Crippen molar-refractivity contribution in [2.24, 2.45) is 0 Å². The molecule has 1 aromatic carbocycles. The average Bonchev–Trinajstić information content (AvgIpc) is 2.53. The number of benzene rings is 1. The van der Waals surface area contributed by atoms with Gasteiger partial charge in [0, 0.05) is 32.0 Å². The van der Waals surface area contributed by atoms with Crippen molar-refractivity contribution in [2.45, 2.75) is 0 Å². The van der Waals surface area contributed by atoms with Crippen molar-refractivity contribution in [3.05, 3.63) is 47.2 Å². The molecule has 0 radical (unpaired) electrons. The van der Waals surface area contributed by atoms with E-state index in [0.717, 1.165) is 5.69 Å². The summed E-state index contributed by atoms with van der Waals surface area (Å²) in [4.78, 5) is 18.2. The van der Waals surface area contributed by atoms with Gasteiger partial charge >= 0.3 is 0 Å². The van der Waals surface area contributed by atoms with E-state index < -0.39 is 0 Å². The van der Waals surface area contributed by atoms with E-state index in [1.54, 1.807) is 33.3 Å². The third-order valence-electron chi connectivity index (χ3n) is 3.07. The van der Waals surface area contributed by atoms with Gasteiger partial charge in [-0.3, -0.25) is 4.79 Å². The van der Waals surface area contributed by atoms with E-state index in [9.17, 15) is 4.79 Å². The van der Waals surface area contributed by atoms with Crippen LogP contribution in [0.5, 0.6) is 5.75 Å². The predicted molar refractivity (Wildman–Crippen MR) is 84.5 cm³/mol. The summed E-state index contributed by atoms with van der Waals surface area (Å²) in [6.45, 7) is 0. The Kier molecular flexibility index (Phi) is 4.65. The normalized spacial score (nSPS) is 10.1. The number of carbonyl (C=O) groups is 1. The topological polar surface area (TPSA) is 54.5 Å². The number of nitrogens with one attached hydrogen (secondary N) is 1. The summed E-state index contributed by atoms with van der Waals surface area (Å²) in [5.74, 6) is 0.453. The van der Waals surface area contributed by atoms with Crippen molar-refractivity contribution >= 4 is 28.9 Å². The molecule has 110 valence electrons. The molecule has 0 saturated carbocycles. The van der Waals surface area contributed by atoms with Crippen molar-refractivity contribution in [3.63, 3.8) is 0 Å². The van der Waals surface area contributed by atoms with Crippen LogP contribution in [0.3, 0.4) is 0 Å². The molecule has 0 fully saturated rings. The second-order valence-electron chi connectivity index (χ2n) is 4.37. The quantitative estimate of drug-likeness (QED) is 0.943. The summed E-state index contributed by atoms with van der Waals surface area (Å²) < 4.78 is 5.17. The molecule has 1 N–H and O–H groups in total. The lowest BCUT2D eigenvalue weighted by atomic mass is 10.2. The number of rotatable bonds is 4. The monoisotopic (exact) mass is 305 g/mol. The van der Waals surface area contributed by atoms with Crippen LogP contribution in [0.1, 0.15) is 10.5 Å². The third kappa shape index (κ3) is 3.25. The molecule has 0 aliphatic heterocycles. The molecule has 21 heavy (non-hydrogen) atoms. The molecule has 1 aromatic heterocycles. The van der Waals surface area contributed by atoms with Crippen LogP contribution >= 0.6 is 11.6 Å². The minimum absolute atomic E-state index is 0.232. The van der Waals surface area contributed by atoms with Crippen LogP contribution < -0.4 is 15.0 Å². The van der Waals surface area contributed by atoms with E-state index in [4.69, 9.17) is 16.3 Å². The number of anilines is 2. The van der Waals surface area contributed by atoms with Crippen LogP contribution in [0.4, 0.5) is 11.4 Å². The lowest BCUT2D eigenvalue weighted by molar-refractivity contribution is 0.0989. The van der Waals surface area contributed by atoms with Gasteiger partial charge in [0.15, 0.2) is 5.69 Å². The third-order valence-corrected chi connectivity index (χ3v) is 3.28. The smallest absolute Gasteiger partial charge is 0.278 e. The molecule has 0 bridgehead atoms. The van der Waals surface area contributed by atoms with Gasteiger partial charge in [-0.1, -0.05) is 17.7 Å². The number of amides is 1. The molecular formula is C15H16ClN3O2. The van der Waals surface area contributed by atoms with Crippen molar-refractivity contribution < 1.29 is 9.53 Å². The van der Waals surface area contributed by atoms with E-state index in [1.807, 2.05) is 18.2 Å². The molecule has 6 heteroatoms. The number of methoxy groups -OCH3 is 1. The number of hydrogen-bond acceptors (Lipinski definition) is 4. The number of nitrogens with zero attached hydrogens (tertiary/aromatic N) is 2. The summed E-state index contributed by atoms with van der Waals surface area (Å²) in [6.07, 6.45) is 1.45. The van der Waals surface area contributed by atoms with Gasteiger partial charge in [-0.25, -0.2) is 4.98 Å². The molecule has 0 unspecified atom stereocenters. The zero-order valence-corrected chi connectivity index (χ0v) is 12.8. The molecular weight excluding hydrogens is 290 g/mol. The van der Waals surface area contributed by atoms with Crippen molar-refractivity contribution in [3.8, 4) is 5.75 Å². The molecule has 0 spiro atoms. The number of pyridine rings is 1. The van der Waals surface area contributed by atoms with Gasteiger partial charge in [0.1, 0.15) is 5.75 Å². The van der Waals surface area contributed by atoms with E-state index >= 15 is 0 Å². The SMILES string of the molecule is CNc1cc(Cl)cnc1C(=O)N(C)c1cccc(OC)c1.